The third-order valence-electron chi connectivity index (χ3n) is 2.35. The van der Waals surface area contributed by atoms with Crippen LogP contribution in [0, 0.1) is 0 Å². The van der Waals surface area contributed by atoms with Crippen LogP contribution in [0.25, 0.3) is 0 Å². The second kappa shape index (κ2) is 6.38. The molecule has 19 heavy (non-hydrogen) atoms. The van der Waals surface area contributed by atoms with Crippen LogP contribution in [0.1, 0.15) is 17.4 Å². The van der Waals surface area contributed by atoms with E-state index in [-0.39, 0.29) is 17.7 Å². The van der Waals surface area contributed by atoms with E-state index in [1.165, 1.54) is 12.3 Å². The van der Waals surface area contributed by atoms with Crippen LogP contribution in [0.4, 0.5) is 0 Å². The molecule has 0 aliphatic rings. The van der Waals surface area contributed by atoms with Gasteiger partial charge in [-0.3, -0.25) is 4.79 Å². The number of ether oxygens (including phenoxy) is 1. The number of carbonyl (C=O) groups excluding carboxylic acids is 1. The van der Waals surface area contributed by atoms with Gasteiger partial charge in [-0.25, -0.2) is 0 Å². The molecule has 0 unspecified atom stereocenters. The van der Waals surface area contributed by atoms with Gasteiger partial charge in [-0.1, -0.05) is 27.2 Å². The Hall–Kier alpha value is -1.82. The number of nitrogens with one attached hydrogen (secondary N) is 1. The highest BCUT2D eigenvalue weighted by Crippen LogP contribution is 2.18. The van der Waals surface area contributed by atoms with Crippen LogP contribution in [0.5, 0.6) is 5.75 Å². The van der Waals surface area contributed by atoms with Crippen LogP contribution in [0.3, 0.4) is 0 Å². The molecule has 6 heteroatoms. The highest BCUT2D eigenvalue weighted by Gasteiger charge is 2.11. The largest absolute Gasteiger partial charge is 0.489 e. The van der Waals surface area contributed by atoms with E-state index in [4.69, 9.17) is 4.74 Å². The van der Waals surface area contributed by atoms with Gasteiger partial charge in [0.2, 0.25) is 0 Å². The Morgan fingerprint density at radius 3 is 3.05 bits per heavy atom. The predicted octanol–water partition coefficient (Wildman–Crippen LogP) is 2.63. The summed E-state index contributed by atoms with van der Waals surface area (Å²) in [6, 6.07) is 9.05. The van der Waals surface area contributed by atoms with E-state index >= 15 is 0 Å². The van der Waals surface area contributed by atoms with Crippen molar-refractivity contribution in [3.63, 3.8) is 0 Å². The Labute approximate surface area is 119 Å². The van der Waals surface area contributed by atoms with Gasteiger partial charge in [0, 0.05) is 10.5 Å². The third-order valence-corrected chi connectivity index (χ3v) is 2.85. The summed E-state index contributed by atoms with van der Waals surface area (Å²) in [5.74, 6) is 0.469. The second-order valence-corrected chi connectivity index (χ2v) is 4.90. The quantitative estimate of drug-likeness (QED) is 0.918. The van der Waals surface area contributed by atoms with Crippen molar-refractivity contribution in [2.75, 3.05) is 6.54 Å². The van der Waals surface area contributed by atoms with Crippen molar-refractivity contribution < 1.29 is 14.1 Å². The summed E-state index contributed by atoms with van der Waals surface area (Å²) in [4.78, 5) is 11.6. The number of hydrogen-bond donors (Lipinski definition) is 1. The lowest BCUT2D eigenvalue weighted by Crippen LogP contribution is -2.33. The summed E-state index contributed by atoms with van der Waals surface area (Å²) < 4.78 is 11.2. The van der Waals surface area contributed by atoms with Crippen LogP contribution < -0.4 is 10.1 Å². The Morgan fingerprint density at radius 2 is 2.37 bits per heavy atom. The Morgan fingerprint density at radius 1 is 1.53 bits per heavy atom. The summed E-state index contributed by atoms with van der Waals surface area (Å²) >= 11 is 3.37. The minimum absolute atomic E-state index is 0.148. The first-order valence-electron chi connectivity index (χ1n) is 5.76. The standard InChI is InChI=1S/C13H13BrN2O3/c1-9(19-11-4-2-3-10(14)7-11)8-15-13(17)12-5-6-18-16-12/h2-7,9H,8H2,1H3,(H,15,17)/t9-/m0/s1. The molecule has 5 nitrogen and oxygen atoms in total. The van der Waals surface area contributed by atoms with E-state index in [1.807, 2.05) is 31.2 Å². The molecule has 0 bridgehead atoms. The van der Waals surface area contributed by atoms with Crippen molar-refractivity contribution in [2.45, 2.75) is 13.0 Å². The zero-order chi connectivity index (χ0) is 13.7. The highest BCUT2D eigenvalue weighted by molar-refractivity contribution is 9.10. The Bertz CT molecular complexity index is 543. The zero-order valence-corrected chi connectivity index (χ0v) is 11.9. The van der Waals surface area contributed by atoms with E-state index in [2.05, 4.69) is 30.9 Å². The van der Waals surface area contributed by atoms with Crippen LogP contribution in [-0.4, -0.2) is 23.7 Å². The van der Waals surface area contributed by atoms with E-state index in [1.54, 1.807) is 0 Å². The molecule has 1 aromatic carbocycles. The van der Waals surface area contributed by atoms with Gasteiger partial charge in [-0.2, -0.15) is 0 Å². The fourth-order valence-electron chi connectivity index (χ4n) is 1.47. The normalized spacial score (nSPS) is 11.9. The molecule has 0 spiro atoms. The van der Waals surface area contributed by atoms with Crippen LogP contribution in [0.2, 0.25) is 0 Å². The number of nitrogens with zero attached hydrogens (tertiary/aromatic N) is 1. The SMILES string of the molecule is C[C@@H](CNC(=O)c1ccon1)Oc1cccc(Br)c1. The lowest BCUT2D eigenvalue weighted by Gasteiger charge is -2.15. The molecule has 1 atom stereocenters. The molecule has 0 radical (unpaired) electrons. The van der Waals surface area contributed by atoms with E-state index in [9.17, 15) is 4.79 Å². The summed E-state index contributed by atoms with van der Waals surface area (Å²) in [5.41, 5.74) is 0.259. The predicted molar refractivity (Wildman–Crippen MR) is 73.1 cm³/mol. The molecule has 1 aromatic heterocycles. The van der Waals surface area contributed by atoms with Gasteiger partial charge in [0.15, 0.2) is 5.69 Å². The number of amides is 1. The molecule has 0 fully saturated rings. The number of hydrogen-bond acceptors (Lipinski definition) is 4. The minimum Gasteiger partial charge on any atom is -0.489 e. The monoisotopic (exact) mass is 324 g/mol. The van der Waals surface area contributed by atoms with E-state index < -0.39 is 0 Å². The molecule has 0 saturated carbocycles. The summed E-state index contributed by atoms with van der Waals surface area (Å²) in [5, 5.41) is 6.28. The van der Waals surface area contributed by atoms with Gasteiger partial charge in [-0.05, 0) is 25.1 Å². The van der Waals surface area contributed by atoms with Crippen LogP contribution in [-0.2, 0) is 0 Å². The Balaban J connectivity index is 1.82. The summed E-state index contributed by atoms with van der Waals surface area (Å²) in [6.07, 6.45) is 1.21. The van der Waals surface area contributed by atoms with Crippen molar-refractivity contribution >= 4 is 21.8 Å². The number of benzene rings is 1. The third kappa shape index (κ3) is 4.10. The first kappa shape index (κ1) is 13.6. The molecule has 0 saturated heterocycles. The fourth-order valence-corrected chi connectivity index (χ4v) is 1.85. The Kier molecular flexibility index (Phi) is 4.57. The number of rotatable bonds is 5. The average molecular weight is 325 g/mol. The maximum atomic E-state index is 11.6. The van der Waals surface area contributed by atoms with Gasteiger partial charge in [0.25, 0.3) is 5.91 Å². The topological polar surface area (TPSA) is 64.4 Å². The minimum atomic E-state index is -0.279. The number of carbonyl (C=O) groups is 1. The molecule has 2 aromatic rings. The smallest absolute Gasteiger partial charge is 0.273 e. The van der Waals surface area contributed by atoms with Crippen molar-refractivity contribution in [3.05, 3.63) is 46.8 Å². The average Bonchev–Trinajstić information content (AvgIpc) is 2.90. The molecular weight excluding hydrogens is 312 g/mol. The molecular formula is C13H13BrN2O3. The lowest BCUT2D eigenvalue weighted by atomic mass is 10.3. The molecule has 0 aliphatic heterocycles. The van der Waals surface area contributed by atoms with Crippen molar-refractivity contribution in [2.24, 2.45) is 0 Å². The number of aromatic nitrogens is 1. The number of halogens is 1. The van der Waals surface area contributed by atoms with Gasteiger partial charge in [0.1, 0.15) is 18.1 Å². The molecule has 100 valence electrons. The van der Waals surface area contributed by atoms with Crippen molar-refractivity contribution in [1.29, 1.82) is 0 Å². The molecule has 1 heterocycles. The van der Waals surface area contributed by atoms with Gasteiger partial charge in [-0.15, -0.1) is 0 Å². The van der Waals surface area contributed by atoms with Gasteiger partial charge in [0.05, 0.1) is 6.54 Å². The molecule has 2 rings (SSSR count). The first-order valence-corrected chi connectivity index (χ1v) is 6.55. The lowest BCUT2D eigenvalue weighted by molar-refractivity contribution is 0.0923. The summed E-state index contributed by atoms with van der Waals surface area (Å²) in [7, 11) is 0. The molecule has 1 N–H and O–H groups in total. The van der Waals surface area contributed by atoms with E-state index in [0.717, 1.165) is 10.2 Å². The molecule has 0 aliphatic carbocycles. The van der Waals surface area contributed by atoms with Crippen LogP contribution in [0.15, 0.2) is 45.6 Å². The fraction of sp³-hybridized carbons (Fsp3) is 0.231. The van der Waals surface area contributed by atoms with Crippen LogP contribution >= 0.6 is 15.9 Å². The van der Waals surface area contributed by atoms with Gasteiger partial charge >= 0.3 is 0 Å². The van der Waals surface area contributed by atoms with Gasteiger partial charge < -0.3 is 14.6 Å². The zero-order valence-electron chi connectivity index (χ0n) is 10.3. The summed E-state index contributed by atoms with van der Waals surface area (Å²) in [6.45, 7) is 2.27. The first-order chi connectivity index (χ1) is 9.15. The van der Waals surface area contributed by atoms with Crippen molar-refractivity contribution in [1.82, 2.24) is 10.5 Å². The molecule has 1 amide bonds. The highest BCUT2D eigenvalue weighted by atomic mass is 79.9. The van der Waals surface area contributed by atoms with E-state index in [0.29, 0.717) is 6.54 Å². The maximum absolute atomic E-state index is 11.6. The maximum Gasteiger partial charge on any atom is 0.273 e. The van der Waals surface area contributed by atoms with Crippen molar-refractivity contribution in [3.8, 4) is 5.75 Å². The second-order valence-electron chi connectivity index (χ2n) is 3.98.